The third kappa shape index (κ3) is 1.74. The highest BCUT2D eigenvalue weighted by Gasteiger charge is 2.27. The largest absolute Gasteiger partial charge is 0.259 e. The van der Waals surface area contributed by atoms with Crippen molar-refractivity contribution in [1.82, 2.24) is 4.98 Å². The quantitative estimate of drug-likeness (QED) is 0.645. The van der Waals surface area contributed by atoms with Gasteiger partial charge in [-0.2, -0.15) is 0 Å². The molecule has 1 aliphatic heterocycles. The van der Waals surface area contributed by atoms with Crippen LogP contribution in [-0.2, 0) is 0 Å². The van der Waals surface area contributed by atoms with Gasteiger partial charge in [0.2, 0.25) is 0 Å². The number of terminal acetylenes is 2. The molecule has 2 heterocycles. The summed E-state index contributed by atoms with van der Waals surface area (Å²) in [6, 6.07) is 5.67. The van der Waals surface area contributed by atoms with Gasteiger partial charge in [0.15, 0.2) is 0 Å². The van der Waals surface area contributed by atoms with Crippen LogP contribution in [0.25, 0.3) is 0 Å². The summed E-state index contributed by atoms with van der Waals surface area (Å²) in [5.41, 5.74) is 0.995. The third-order valence-corrected chi connectivity index (χ3v) is 2.51. The van der Waals surface area contributed by atoms with Gasteiger partial charge in [0.25, 0.3) is 0 Å². The zero-order valence-corrected chi connectivity index (χ0v) is 8.72. The Morgan fingerprint density at radius 3 is 2.69 bits per heavy atom. The highest BCUT2D eigenvalue weighted by atomic mass is 14.8. The molecule has 0 atom stereocenters. The molecule has 0 radical (unpaired) electrons. The third-order valence-electron chi connectivity index (χ3n) is 2.51. The summed E-state index contributed by atoms with van der Waals surface area (Å²) in [7, 11) is 0. The molecule has 0 aromatic carbocycles. The lowest BCUT2D eigenvalue weighted by Crippen LogP contribution is -2.22. The molecular weight excluding hydrogens is 196 g/mol. The van der Waals surface area contributed by atoms with E-state index in [1.807, 2.05) is 18.2 Å². The maximum Gasteiger partial charge on any atom is 0.117 e. The zero-order chi connectivity index (χ0) is 11.4. The minimum atomic E-state index is -0.658. The van der Waals surface area contributed by atoms with Gasteiger partial charge < -0.3 is 0 Å². The van der Waals surface area contributed by atoms with E-state index in [4.69, 9.17) is 12.8 Å². The lowest BCUT2D eigenvalue weighted by molar-refractivity contribution is 0.710. The second kappa shape index (κ2) is 4.04. The van der Waals surface area contributed by atoms with Crippen LogP contribution in [0.2, 0.25) is 0 Å². The van der Waals surface area contributed by atoms with E-state index in [-0.39, 0.29) is 0 Å². The first-order chi connectivity index (χ1) is 7.79. The van der Waals surface area contributed by atoms with E-state index in [1.165, 1.54) is 0 Å². The highest BCUT2D eigenvalue weighted by molar-refractivity contribution is 6.01. The van der Waals surface area contributed by atoms with Gasteiger partial charge in [-0.25, -0.2) is 0 Å². The van der Waals surface area contributed by atoms with Gasteiger partial charge in [-0.15, -0.1) is 12.8 Å². The van der Waals surface area contributed by atoms with E-state index in [9.17, 15) is 0 Å². The molecule has 0 bridgehead atoms. The van der Waals surface area contributed by atoms with Gasteiger partial charge in [-0.3, -0.25) is 9.98 Å². The van der Waals surface area contributed by atoms with E-state index >= 15 is 0 Å². The molecule has 76 valence electrons. The number of allylic oxidation sites excluding steroid dienone is 1. The first-order valence-electron chi connectivity index (χ1n) is 4.91. The normalized spacial score (nSPS) is 17.0. The summed E-state index contributed by atoms with van der Waals surface area (Å²) in [5, 5.41) is 0. The Bertz CT molecular complexity index is 510. The molecule has 2 nitrogen and oxygen atoms in total. The number of hydrogen-bond donors (Lipinski definition) is 0. The van der Waals surface area contributed by atoms with E-state index in [2.05, 4.69) is 21.8 Å². The summed E-state index contributed by atoms with van der Waals surface area (Å²) < 4.78 is 0. The molecule has 1 aromatic heterocycles. The first kappa shape index (κ1) is 10.2. The highest BCUT2D eigenvalue weighted by Crippen LogP contribution is 2.27. The molecule has 0 amide bonds. The van der Waals surface area contributed by atoms with Crippen molar-refractivity contribution in [3.63, 3.8) is 0 Å². The maximum atomic E-state index is 5.47. The Balaban J connectivity index is 2.36. The fourth-order valence-corrected chi connectivity index (χ4v) is 1.55. The molecule has 0 spiro atoms. The SMILES string of the molecule is C#CC1(C#C)C=CN=C(c2ccccn2)C1. The van der Waals surface area contributed by atoms with Crippen LogP contribution in [0.1, 0.15) is 12.1 Å². The summed E-state index contributed by atoms with van der Waals surface area (Å²) in [5.74, 6) is 5.27. The lowest BCUT2D eigenvalue weighted by atomic mass is 9.82. The van der Waals surface area contributed by atoms with Gasteiger partial charge >= 0.3 is 0 Å². The fourth-order valence-electron chi connectivity index (χ4n) is 1.55. The Kier molecular flexibility index (Phi) is 2.58. The monoisotopic (exact) mass is 206 g/mol. The predicted octanol–water partition coefficient (Wildman–Crippen LogP) is 2.04. The van der Waals surface area contributed by atoms with Gasteiger partial charge in [0, 0.05) is 18.8 Å². The molecular formula is C14H10N2. The summed E-state index contributed by atoms with van der Waals surface area (Å²) >= 11 is 0. The van der Waals surface area contributed by atoms with E-state index < -0.39 is 5.41 Å². The number of aromatic nitrogens is 1. The van der Waals surface area contributed by atoms with Crippen LogP contribution in [0, 0.1) is 30.1 Å². The minimum absolute atomic E-state index is 0.535. The molecule has 1 aromatic rings. The van der Waals surface area contributed by atoms with E-state index in [0.717, 1.165) is 11.4 Å². The van der Waals surface area contributed by atoms with Crippen LogP contribution < -0.4 is 0 Å². The molecule has 0 saturated heterocycles. The number of aliphatic imine (C=N–C) groups is 1. The Morgan fingerprint density at radius 1 is 1.25 bits per heavy atom. The first-order valence-corrected chi connectivity index (χ1v) is 4.91. The lowest BCUT2D eigenvalue weighted by Gasteiger charge is -2.21. The van der Waals surface area contributed by atoms with Crippen LogP contribution in [0.5, 0.6) is 0 Å². The van der Waals surface area contributed by atoms with Crippen molar-refractivity contribution in [3.05, 3.63) is 42.4 Å². The zero-order valence-electron chi connectivity index (χ0n) is 8.72. The Labute approximate surface area is 95.1 Å². The topological polar surface area (TPSA) is 25.2 Å². The maximum absolute atomic E-state index is 5.47. The molecule has 16 heavy (non-hydrogen) atoms. The van der Waals surface area contributed by atoms with Gasteiger partial charge in [-0.05, 0) is 18.2 Å². The van der Waals surface area contributed by atoms with Crippen LogP contribution in [-0.4, -0.2) is 10.7 Å². The smallest absolute Gasteiger partial charge is 0.117 e. The van der Waals surface area contributed by atoms with Crippen molar-refractivity contribution in [2.45, 2.75) is 6.42 Å². The molecule has 1 aliphatic rings. The summed E-state index contributed by atoms with van der Waals surface area (Å²) in [6.45, 7) is 0. The summed E-state index contributed by atoms with van der Waals surface area (Å²) in [6.07, 6.45) is 16.6. The molecule has 0 fully saturated rings. The number of nitrogens with zero attached hydrogens (tertiary/aromatic N) is 2. The molecule has 2 heteroatoms. The van der Waals surface area contributed by atoms with Crippen LogP contribution in [0.4, 0.5) is 0 Å². The minimum Gasteiger partial charge on any atom is -0.259 e. The molecule has 2 rings (SSSR count). The van der Waals surface area contributed by atoms with Crippen molar-refractivity contribution >= 4 is 5.71 Å². The van der Waals surface area contributed by atoms with Crippen LogP contribution >= 0.6 is 0 Å². The van der Waals surface area contributed by atoms with Crippen molar-refractivity contribution in [3.8, 4) is 24.7 Å². The Morgan fingerprint density at radius 2 is 2.06 bits per heavy atom. The van der Waals surface area contributed by atoms with Crippen molar-refractivity contribution in [2.75, 3.05) is 0 Å². The molecule has 0 unspecified atom stereocenters. The van der Waals surface area contributed by atoms with Gasteiger partial charge in [0.05, 0.1) is 11.4 Å². The van der Waals surface area contributed by atoms with Gasteiger partial charge in [-0.1, -0.05) is 17.9 Å². The molecule has 0 aliphatic carbocycles. The standard InChI is InChI=1S/C14H10N2/c1-3-14(4-2)8-10-16-13(11-14)12-7-5-6-9-15-12/h1-2,5-10H,11H2. The van der Waals surface area contributed by atoms with Crippen LogP contribution in [0.15, 0.2) is 41.7 Å². The van der Waals surface area contributed by atoms with E-state index in [1.54, 1.807) is 18.5 Å². The van der Waals surface area contributed by atoms with E-state index in [0.29, 0.717) is 6.42 Å². The fraction of sp³-hybridized carbons (Fsp3) is 0.143. The Hall–Kier alpha value is -2.32. The number of hydrogen-bond acceptors (Lipinski definition) is 2. The molecule has 0 N–H and O–H groups in total. The van der Waals surface area contributed by atoms with Crippen molar-refractivity contribution < 1.29 is 0 Å². The second-order valence-corrected chi connectivity index (χ2v) is 3.54. The number of rotatable bonds is 1. The van der Waals surface area contributed by atoms with Crippen molar-refractivity contribution in [2.24, 2.45) is 10.4 Å². The predicted molar refractivity (Wildman–Crippen MR) is 64.6 cm³/mol. The second-order valence-electron chi connectivity index (χ2n) is 3.54. The average Bonchev–Trinajstić information content (AvgIpc) is 2.40. The number of pyridine rings is 1. The van der Waals surface area contributed by atoms with Crippen LogP contribution in [0.3, 0.4) is 0 Å². The molecule has 0 saturated carbocycles. The van der Waals surface area contributed by atoms with Gasteiger partial charge in [0.1, 0.15) is 5.41 Å². The summed E-state index contributed by atoms with van der Waals surface area (Å²) in [4.78, 5) is 8.51. The average molecular weight is 206 g/mol. The van der Waals surface area contributed by atoms with Crippen molar-refractivity contribution in [1.29, 1.82) is 0 Å².